The van der Waals surface area contributed by atoms with Crippen LogP contribution in [0, 0.1) is 26.6 Å². The molecular weight excluding hydrogens is 363 g/mol. The maximum absolute atomic E-state index is 13.1. The number of thiazole rings is 1. The number of fused-ring (bicyclic) bond motifs is 1. The van der Waals surface area contributed by atoms with Gasteiger partial charge < -0.3 is 5.32 Å². The number of halogens is 1. The van der Waals surface area contributed by atoms with Gasteiger partial charge in [0.15, 0.2) is 0 Å². The van der Waals surface area contributed by atoms with E-state index in [0.29, 0.717) is 16.5 Å². The van der Waals surface area contributed by atoms with Crippen LogP contribution in [0.25, 0.3) is 15.3 Å². The third-order valence-corrected chi connectivity index (χ3v) is 5.35. The van der Waals surface area contributed by atoms with Crippen LogP contribution in [-0.2, 0) is 0 Å². The van der Waals surface area contributed by atoms with Crippen LogP contribution in [0.5, 0.6) is 0 Å². The molecule has 0 aliphatic heterocycles. The van der Waals surface area contributed by atoms with Crippen LogP contribution in [0.3, 0.4) is 0 Å². The van der Waals surface area contributed by atoms with Gasteiger partial charge in [-0.3, -0.25) is 4.79 Å². The molecule has 4 rings (SSSR count). The van der Waals surface area contributed by atoms with Crippen molar-refractivity contribution < 1.29 is 9.18 Å². The second-order valence-corrected chi connectivity index (χ2v) is 7.45. The van der Waals surface area contributed by atoms with Crippen molar-refractivity contribution in [3.05, 3.63) is 70.7 Å². The van der Waals surface area contributed by atoms with E-state index in [1.807, 2.05) is 6.92 Å². The molecule has 2 aromatic carbocycles. The first kappa shape index (κ1) is 17.4. The molecule has 2 heterocycles. The highest BCUT2D eigenvalue weighted by molar-refractivity contribution is 7.20. The van der Waals surface area contributed by atoms with E-state index in [0.717, 1.165) is 15.9 Å². The lowest BCUT2D eigenvalue weighted by molar-refractivity contribution is 0.102. The molecule has 7 heteroatoms. The summed E-state index contributed by atoms with van der Waals surface area (Å²) in [4.78, 5) is 17.2. The van der Waals surface area contributed by atoms with E-state index in [4.69, 9.17) is 0 Å². The molecule has 0 spiro atoms. The van der Waals surface area contributed by atoms with E-state index >= 15 is 0 Å². The van der Waals surface area contributed by atoms with Gasteiger partial charge in [-0.15, -0.1) is 0 Å². The highest BCUT2D eigenvalue weighted by Crippen LogP contribution is 2.29. The molecule has 0 atom stereocenters. The number of nitrogens with zero attached hydrogens (tertiary/aromatic N) is 3. The minimum atomic E-state index is -0.382. The lowest BCUT2D eigenvalue weighted by Gasteiger charge is -2.06. The molecule has 0 bridgehead atoms. The van der Waals surface area contributed by atoms with Crippen LogP contribution in [0.1, 0.15) is 27.2 Å². The average Bonchev–Trinajstić information content (AvgIpc) is 3.18. The fourth-order valence-corrected chi connectivity index (χ4v) is 3.79. The minimum Gasteiger partial charge on any atom is -0.306 e. The Bertz CT molecular complexity index is 1120. The highest BCUT2D eigenvalue weighted by atomic mass is 32.1. The van der Waals surface area contributed by atoms with Gasteiger partial charge in [0.05, 0.1) is 15.9 Å². The number of nitrogens with one attached hydrogen (secondary N) is 1. The van der Waals surface area contributed by atoms with Crippen LogP contribution >= 0.6 is 11.3 Å². The van der Waals surface area contributed by atoms with E-state index in [2.05, 4.69) is 41.4 Å². The molecule has 0 radical (unpaired) electrons. The van der Waals surface area contributed by atoms with E-state index < -0.39 is 0 Å². The van der Waals surface area contributed by atoms with E-state index in [1.165, 1.54) is 46.7 Å². The van der Waals surface area contributed by atoms with Crippen LogP contribution < -0.4 is 5.32 Å². The van der Waals surface area contributed by atoms with Gasteiger partial charge in [0.1, 0.15) is 11.6 Å². The Morgan fingerprint density at radius 3 is 2.52 bits per heavy atom. The molecule has 1 amide bonds. The summed E-state index contributed by atoms with van der Waals surface area (Å²) in [5.74, 6) is -0.189. The first-order chi connectivity index (χ1) is 12.9. The van der Waals surface area contributed by atoms with E-state index in [9.17, 15) is 9.18 Å². The molecule has 0 unspecified atom stereocenters. The Labute approximate surface area is 159 Å². The largest absolute Gasteiger partial charge is 0.306 e. The van der Waals surface area contributed by atoms with Gasteiger partial charge in [-0.25, -0.2) is 9.37 Å². The fourth-order valence-electron chi connectivity index (χ4n) is 2.78. The lowest BCUT2D eigenvalue weighted by atomic mass is 10.1. The van der Waals surface area contributed by atoms with Gasteiger partial charge in [0.25, 0.3) is 5.91 Å². The summed E-state index contributed by atoms with van der Waals surface area (Å²) in [6.07, 6.45) is 0. The van der Waals surface area contributed by atoms with Crippen molar-refractivity contribution in [3.8, 4) is 5.13 Å². The zero-order valence-corrected chi connectivity index (χ0v) is 15.9. The smallest absolute Gasteiger partial charge is 0.256 e. The molecule has 0 aliphatic carbocycles. The Morgan fingerprint density at radius 1 is 1.07 bits per heavy atom. The van der Waals surface area contributed by atoms with Crippen molar-refractivity contribution in [2.45, 2.75) is 20.8 Å². The summed E-state index contributed by atoms with van der Waals surface area (Å²) >= 11 is 1.51. The molecule has 4 aromatic rings. The summed E-state index contributed by atoms with van der Waals surface area (Å²) in [5, 5.41) is 7.99. The first-order valence-corrected chi connectivity index (χ1v) is 9.24. The predicted octanol–water partition coefficient (Wildman–Crippen LogP) is 4.80. The van der Waals surface area contributed by atoms with Crippen molar-refractivity contribution in [3.63, 3.8) is 0 Å². The molecule has 0 saturated carbocycles. The molecule has 0 aliphatic rings. The number of carbonyl (C=O) groups is 1. The van der Waals surface area contributed by atoms with Gasteiger partial charge in [0, 0.05) is 11.6 Å². The monoisotopic (exact) mass is 380 g/mol. The van der Waals surface area contributed by atoms with Crippen molar-refractivity contribution in [2.75, 3.05) is 5.32 Å². The topological polar surface area (TPSA) is 59.8 Å². The molecule has 0 saturated heterocycles. The Balaban J connectivity index is 1.70. The SMILES string of the molecule is Cc1cc(NC(=O)c2ccc(F)cc2)n(-c2nc3cc(C)c(C)cc3s2)n1. The summed E-state index contributed by atoms with van der Waals surface area (Å²) in [6, 6.07) is 11.4. The number of hydrogen-bond donors (Lipinski definition) is 1. The third-order valence-electron chi connectivity index (χ3n) is 4.35. The normalized spacial score (nSPS) is 11.1. The zero-order valence-electron chi connectivity index (χ0n) is 15.1. The summed E-state index contributed by atoms with van der Waals surface area (Å²) in [6.45, 7) is 5.98. The van der Waals surface area contributed by atoms with E-state index in [1.54, 1.807) is 10.7 Å². The number of aromatic nitrogens is 3. The lowest BCUT2D eigenvalue weighted by Crippen LogP contribution is -2.15. The van der Waals surface area contributed by atoms with Crippen molar-refractivity contribution >= 4 is 33.3 Å². The Hall–Kier alpha value is -3.06. The van der Waals surface area contributed by atoms with Crippen molar-refractivity contribution in [1.29, 1.82) is 0 Å². The Kier molecular flexibility index (Phi) is 4.24. The second kappa shape index (κ2) is 6.59. The number of carbonyl (C=O) groups excluding carboxylic acids is 1. The van der Waals surface area contributed by atoms with Gasteiger partial charge in [0.2, 0.25) is 5.13 Å². The summed E-state index contributed by atoms with van der Waals surface area (Å²) in [7, 11) is 0. The van der Waals surface area contributed by atoms with Crippen molar-refractivity contribution in [2.24, 2.45) is 0 Å². The molecule has 27 heavy (non-hydrogen) atoms. The molecular formula is C20H17FN4OS. The van der Waals surface area contributed by atoms with Crippen LogP contribution in [0.4, 0.5) is 10.2 Å². The number of benzene rings is 2. The van der Waals surface area contributed by atoms with Gasteiger partial charge in [-0.05, 0) is 68.3 Å². The van der Waals surface area contributed by atoms with Gasteiger partial charge >= 0.3 is 0 Å². The highest BCUT2D eigenvalue weighted by Gasteiger charge is 2.16. The van der Waals surface area contributed by atoms with Gasteiger partial charge in [-0.1, -0.05) is 11.3 Å². The quantitative estimate of drug-likeness (QED) is 0.555. The average molecular weight is 380 g/mol. The Morgan fingerprint density at radius 2 is 1.78 bits per heavy atom. The standard InChI is InChI=1S/C20H17FN4OS/c1-11-8-16-17(9-12(11)2)27-20(22-16)25-18(10-13(3)24-25)23-19(26)14-4-6-15(21)7-5-14/h4-10H,1-3H3,(H,23,26). The maximum Gasteiger partial charge on any atom is 0.256 e. The van der Waals surface area contributed by atoms with Crippen LogP contribution in [0.15, 0.2) is 42.5 Å². The summed E-state index contributed by atoms with van der Waals surface area (Å²) in [5.41, 5.74) is 4.43. The minimum absolute atomic E-state index is 0.330. The molecule has 136 valence electrons. The molecule has 2 aromatic heterocycles. The molecule has 0 fully saturated rings. The summed E-state index contributed by atoms with van der Waals surface area (Å²) < 4.78 is 15.8. The maximum atomic E-state index is 13.1. The van der Waals surface area contributed by atoms with E-state index in [-0.39, 0.29) is 11.7 Å². The second-order valence-electron chi connectivity index (χ2n) is 6.44. The third kappa shape index (κ3) is 3.33. The first-order valence-electron chi connectivity index (χ1n) is 8.42. The number of hydrogen-bond acceptors (Lipinski definition) is 4. The van der Waals surface area contributed by atoms with Crippen LogP contribution in [0.2, 0.25) is 0 Å². The van der Waals surface area contributed by atoms with Crippen LogP contribution in [-0.4, -0.2) is 20.7 Å². The van der Waals surface area contributed by atoms with Gasteiger partial charge in [-0.2, -0.15) is 9.78 Å². The zero-order chi connectivity index (χ0) is 19.1. The van der Waals surface area contributed by atoms with Crippen molar-refractivity contribution in [1.82, 2.24) is 14.8 Å². The number of amides is 1. The molecule has 1 N–H and O–H groups in total. The predicted molar refractivity (Wildman–Crippen MR) is 105 cm³/mol. The number of rotatable bonds is 3. The molecule has 5 nitrogen and oxygen atoms in total. The number of aryl methyl sites for hydroxylation is 3. The fraction of sp³-hybridized carbons (Fsp3) is 0.150. The number of anilines is 1.